The molecule has 0 saturated heterocycles. The van der Waals surface area contributed by atoms with Crippen LogP contribution in [0.1, 0.15) is 6.92 Å². The van der Waals surface area contributed by atoms with Crippen LogP contribution in [0.15, 0.2) is 12.2 Å². The molecule has 0 bridgehead atoms. The maximum Gasteiger partial charge on any atom is 0.327 e. The van der Waals surface area contributed by atoms with Crippen LogP contribution in [0, 0.1) is 0 Å². The summed E-state index contributed by atoms with van der Waals surface area (Å²) in [6.07, 6.45) is 2.56. The SMILES string of the molecule is C/C=C/C(=O)O.F. The monoisotopic (exact) mass is 106 g/mol. The third-order valence-corrected chi connectivity index (χ3v) is 0.309. The molecule has 0 unspecified atom stereocenters. The molecule has 1 N–H and O–H groups in total. The van der Waals surface area contributed by atoms with Gasteiger partial charge in [-0.3, -0.25) is 4.70 Å². The zero-order valence-corrected chi connectivity index (χ0v) is 3.92. The lowest BCUT2D eigenvalue weighted by Gasteiger charge is -1.68. The quantitative estimate of drug-likeness (QED) is 0.502. The number of hydrogen-bond donors (Lipinski definition) is 1. The second-order valence-electron chi connectivity index (χ2n) is 0.838. The number of carbonyl (C=O) groups is 1. The number of aliphatic carboxylic acids is 1. The molecule has 0 aliphatic carbocycles. The van der Waals surface area contributed by atoms with Gasteiger partial charge in [-0.15, -0.1) is 0 Å². The summed E-state index contributed by atoms with van der Waals surface area (Å²) in [5.74, 6) is -0.891. The molecule has 0 aliphatic rings. The molecular formula is C4H7FO2. The summed E-state index contributed by atoms with van der Waals surface area (Å²) in [6, 6.07) is 0. The van der Waals surface area contributed by atoms with Crippen LogP contribution in [0.2, 0.25) is 0 Å². The van der Waals surface area contributed by atoms with Gasteiger partial charge in [-0.05, 0) is 6.92 Å². The molecule has 2 nitrogen and oxygen atoms in total. The van der Waals surface area contributed by atoms with Gasteiger partial charge in [0.15, 0.2) is 0 Å². The molecule has 0 aromatic carbocycles. The Labute approximate surface area is 40.8 Å². The van der Waals surface area contributed by atoms with E-state index in [0.29, 0.717) is 0 Å². The Balaban J connectivity index is 0. The molecule has 7 heavy (non-hydrogen) atoms. The summed E-state index contributed by atoms with van der Waals surface area (Å²) in [4.78, 5) is 9.51. The van der Waals surface area contributed by atoms with Crippen molar-refractivity contribution in [2.45, 2.75) is 6.92 Å². The van der Waals surface area contributed by atoms with Crippen LogP contribution in [-0.2, 0) is 4.79 Å². The Morgan fingerprint density at radius 3 is 2.14 bits per heavy atom. The second-order valence-corrected chi connectivity index (χ2v) is 0.838. The van der Waals surface area contributed by atoms with E-state index in [0.717, 1.165) is 6.08 Å². The summed E-state index contributed by atoms with van der Waals surface area (Å²) >= 11 is 0. The molecule has 0 spiro atoms. The predicted molar refractivity (Wildman–Crippen MR) is 25.0 cm³/mol. The minimum Gasteiger partial charge on any atom is -0.478 e. The van der Waals surface area contributed by atoms with Gasteiger partial charge in [0.1, 0.15) is 0 Å². The number of halogens is 1. The minimum atomic E-state index is -0.891. The lowest BCUT2D eigenvalue weighted by molar-refractivity contribution is -0.131. The lowest BCUT2D eigenvalue weighted by Crippen LogP contribution is -1.83. The Hall–Kier alpha value is -0.860. The largest absolute Gasteiger partial charge is 0.478 e. The average molecular weight is 106 g/mol. The number of carboxylic acids is 1. The molecule has 0 aromatic rings. The van der Waals surface area contributed by atoms with E-state index in [1.165, 1.54) is 6.08 Å². The van der Waals surface area contributed by atoms with E-state index in [1.54, 1.807) is 6.92 Å². The van der Waals surface area contributed by atoms with E-state index in [2.05, 4.69) is 0 Å². The van der Waals surface area contributed by atoms with Crippen molar-refractivity contribution in [2.75, 3.05) is 0 Å². The van der Waals surface area contributed by atoms with Gasteiger partial charge in [-0.25, -0.2) is 4.79 Å². The third kappa shape index (κ3) is 11.1. The molecule has 0 saturated carbocycles. The van der Waals surface area contributed by atoms with E-state index < -0.39 is 5.97 Å². The van der Waals surface area contributed by atoms with Crippen molar-refractivity contribution in [3.63, 3.8) is 0 Å². The molecular weight excluding hydrogens is 99.0 g/mol. The van der Waals surface area contributed by atoms with Crippen LogP contribution < -0.4 is 0 Å². The first kappa shape index (κ1) is 9.46. The molecule has 0 fully saturated rings. The van der Waals surface area contributed by atoms with Gasteiger partial charge in [-0.2, -0.15) is 0 Å². The van der Waals surface area contributed by atoms with Gasteiger partial charge in [0.25, 0.3) is 0 Å². The van der Waals surface area contributed by atoms with Gasteiger partial charge < -0.3 is 5.11 Å². The highest BCUT2D eigenvalue weighted by atomic mass is 19.0. The molecule has 0 aliphatic heterocycles. The van der Waals surface area contributed by atoms with E-state index >= 15 is 0 Å². The van der Waals surface area contributed by atoms with Crippen molar-refractivity contribution in [1.29, 1.82) is 0 Å². The molecule has 0 radical (unpaired) electrons. The summed E-state index contributed by atoms with van der Waals surface area (Å²) in [6.45, 7) is 1.66. The molecule has 0 atom stereocenters. The van der Waals surface area contributed by atoms with Gasteiger partial charge in [0, 0.05) is 6.08 Å². The van der Waals surface area contributed by atoms with Crippen LogP contribution in [0.5, 0.6) is 0 Å². The highest BCUT2D eigenvalue weighted by Gasteiger charge is 1.76. The van der Waals surface area contributed by atoms with Crippen molar-refractivity contribution < 1.29 is 14.6 Å². The Morgan fingerprint density at radius 2 is 2.14 bits per heavy atom. The van der Waals surface area contributed by atoms with Crippen molar-refractivity contribution in [2.24, 2.45) is 0 Å². The molecule has 3 heteroatoms. The van der Waals surface area contributed by atoms with Crippen molar-refractivity contribution in [3.8, 4) is 0 Å². The Kier molecular flexibility index (Phi) is 6.95. The van der Waals surface area contributed by atoms with Gasteiger partial charge in [0.2, 0.25) is 0 Å². The molecule has 42 valence electrons. The van der Waals surface area contributed by atoms with Crippen molar-refractivity contribution >= 4 is 5.97 Å². The van der Waals surface area contributed by atoms with E-state index in [-0.39, 0.29) is 4.70 Å². The fourth-order valence-electron chi connectivity index (χ4n) is 0.143. The van der Waals surface area contributed by atoms with Crippen LogP contribution in [-0.4, -0.2) is 11.1 Å². The Bertz CT molecular complexity index is 77.8. The molecule has 0 amide bonds. The Morgan fingerprint density at radius 1 is 1.71 bits per heavy atom. The van der Waals surface area contributed by atoms with Crippen molar-refractivity contribution in [1.82, 2.24) is 0 Å². The fraction of sp³-hybridized carbons (Fsp3) is 0.250. The van der Waals surface area contributed by atoms with Gasteiger partial charge in [-0.1, -0.05) is 6.08 Å². The number of carboxylic acid groups (broad SMARTS) is 1. The first-order valence-corrected chi connectivity index (χ1v) is 1.63. The third-order valence-electron chi connectivity index (χ3n) is 0.309. The smallest absolute Gasteiger partial charge is 0.327 e. The normalized spacial score (nSPS) is 8.14. The second kappa shape index (κ2) is 5.14. The van der Waals surface area contributed by atoms with E-state index in [1.807, 2.05) is 0 Å². The first-order valence-electron chi connectivity index (χ1n) is 1.63. The predicted octanol–water partition coefficient (Wildman–Crippen LogP) is 0.800. The van der Waals surface area contributed by atoms with Crippen molar-refractivity contribution in [3.05, 3.63) is 12.2 Å². The molecule has 0 heterocycles. The first-order chi connectivity index (χ1) is 2.77. The molecule has 0 rings (SSSR count). The summed E-state index contributed by atoms with van der Waals surface area (Å²) in [5.41, 5.74) is 0. The van der Waals surface area contributed by atoms with Crippen LogP contribution >= 0.6 is 0 Å². The summed E-state index contributed by atoms with van der Waals surface area (Å²) in [5, 5.41) is 7.83. The van der Waals surface area contributed by atoms with Gasteiger partial charge >= 0.3 is 5.97 Å². The van der Waals surface area contributed by atoms with Crippen LogP contribution in [0.4, 0.5) is 4.70 Å². The maximum absolute atomic E-state index is 9.51. The summed E-state index contributed by atoms with van der Waals surface area (Å²) < 4.78 is 0. The minimum absolute atomic E-state index is 0. The molecule has 0 aromatic heterocycles. The number of hydrogen-bond acceptors (Lipinski definition) is 1. The number of rotatable bonds is 1. The van der Waals surface area contributed by atoms with Crippen LogP contribution in [0.25, 0.3) is 0 Å². The standard InChI is InChI=1S/C4H6O2.FH/c1-2-3-4(5)6;/h2-3H,1H3,(H,5,6);1H/b3-2+;. The van der Waals surface area contributed by atoms with E-state index in [9.17, 15) is 4.79 Å². The fourth-order valence-corrected chi connectivity index (χ4v) is 0.143. The van der Waals surface area contributed by atoms with E-state index in [4.69, 9.17) is 5.11 Å². The van der Waals surface area contributed by atoms with Gasteiger partial charge in [0.05, 0.1) is 0 Å². The zero-order chi connectivity index (χ0) is 4.99. The van der Waals surface area contributed by atoms with Crippen LogP contribution in [0.3, 0.4) is 0 Å². The highest BCUT2D eigenvalue weighted by molar-refractivity contribution is 5.79. The lowest BCUT2D eigenvalue weighted by atomic mass is 10.5. The average Bonchev–Trinajstić information content (AvgIpc) is 1.35. The summed E-state index contributed by atoms with van der Waals surface area (Å²) in [7, 11) is 0. The topological polar surface area (TPSA) is 37.3 Å². The number of allylic oxidation sites excluding steroid dienone is 1. The highest BCUT2D eigenvalue weighted by Crippen LogP contribution is 1.65. The zero-order valence-electron chi connectivity index (χ0n) is 3.92. The maximum atomic E-state index is 9.51.